The number of oxazole rings is 1. The molecule has 0 saturated heterocycles. The van der Waals surface area contributed by atoms with E-state index in [9.17, 15) is 8.42 Å². The van der Waals surface area contributed by atoms with Gasteiger partial charge in [-0.3, -0.25) is 9.71 Å². The van der Waals surface area contributed by atoms with Crippen molar-refractivity contribution in [1.82, 2.24) is 9.97 Å². The summed E-state index contributed by atoms with van der Waals surface area (Å²) in [5.74, 6) is 0. The number of pyridine rings is 1. The van der Waals surface area contributed by atoms with Crippen molar-refractivity contribution in [3.05, 3.63) is 61.1 Å². The van der Waals surface area contributed by atoms with Gasteiger partial charge in [-0.15, -0.1) is 0 Å². The van der Waals surface area contributed by atoms with E-state index in [1.54, 1.807) is 30.5 Å². The predicted molar refractivity (Wildman–Crippen MR) is 86.6 cm³/mol. The lowest BCUT2D eigenvalue weighted by atomic mass is 10.2. The summed E-state index contributed by atoms with van der Waals surface area (Å²) in [5, 5.41) is 0.860. The van der Waals surface area contributed by atoms with E-state index >= 15 is 0 Å². The first-order chi connectivity index (χ1) is 11.1. The number of nitrogens with one attached hydrogen (secondary N) is 1. The van der Waals surface area contributed by atoms with Crippen molar-refractivity contribution in [2.75, 3.05) is 4.72 Å². The first-order valence-corrected chi connectivity index (χ1v) is 8.32. The molecule has 6 nitrogen and oxygen atoms in total. The van der Waals surface area contributed by atoms with Crippen molar-refractivity contribution in [2.45, 2.75) is 4.90 Å². The van der Waals surface area contributed by atoms with Crippen LogP contribution in [0.15, 0.2) is 70.4 Å². The second kappa shape index (κ2) is 5.06. The minimum Gasteiger partial charge on any atom is -0.443 e. The summed E-state index contributed by atoms with van der Waals surface area (Å²) in [4.78, 5) is 8.33. The second-order valence-corrected chi connectivity index (χ2v) is 6.65. The van der Waals surface area contributed by atoms with Crippen LogP contribution in [-0.4, -0.2) is 18.4 Å². The number of anilines is 1. The van der Waals surface area contributed by atoms with Gasteiger partial charge in [-0.1, -0.05) is 18.2 Å². The maximum absolute atomic E-state index is 12.6. The molecule has 7 heteroatoms. The third-order valence-electron chi connectivity index (χ3n) is 3.49. The van der Waals surface area contributed by atoms with Crippen LogP contribution in [0.5, 0.6) is 0 Å². The summed E-state index contributed by atoms with van der Waals surface area (Å²) in [5.41, 5.74) is 2.06. The largest absolute Gasteiger partial charge is 0.443 e. The molecule has 0 fully saturated rings. The molecule has 0 amide bonds. The van der Waals surface area contributed by atoms with E-state index in [4.69, 9.17) is 4.42 Å². The number of rotatable bonds is 3. The lowest BCUT2D eigenvalue weighted by Gasteiger charge is -2.10. The third kappa shape index (κ3) is 2.40. The highest BCUT2D eigenvalue weighted by Crippen LogP contribution is 2.25. The molecule has 0 aliphatic heterocycles. The molecule has 0 bridgehead atoms. The number of fused-ring (bicyclic) bond motifs is 2. The first-order valence-electron chi connectivity index (χ1n) is 6.83. The van der Waals surface area contributed by atoms with Gasteiger partial charge in [-0.25, -0.2) is 13.4 Å². The molecule has 0 atom stereocenters. The molecule has 0 aliphatic carbocycles. The summed E-state index contributed by atoms with van der Waals surface area (Å²) >= 11 is 0. The van der Waals surface area contributed by atoms with Crippen molar-refractivity contribution in [1.29, 1.82) is 0 Å². The number of benzene rings is 2. The van der Waals surface area contributed by atoms with Gasteiger partial charge < -0.3 is 4.42 Å². The van der Waals surface area contributed by atoms with E-state index in [1.807, 2.05) is 12.1 Å². The van der Waals surface area contributed by atoms with Crippen molar-refractivity contribution in [2.24, 2.45) is 0 Å². The Morgan fingerprint density at radius 2 is 1.87 bits per heavy atom. The van der Waals surface area contributed by atoms with E-state index in [0.717, 1.165) is 5.39 Å². The van der Waals surface area contributed by atoms with Crippen LogP contribution < -0.4 is 4.72 Å². The standard InChI is InChI=1S/C16H11N3O3S/c20-23(21,12-6-7-13-15(9-12)22-10-18-13)19-14-5-1-3-11-4-2-8-17-16(11)14/h1-10,19H. The predicted octanol–water partition coefficient (Wildman–Crippen LogP) is 3.18. The highest BCUT2D eigenvalue weighted by atomic mass is 32.2. The summed E-state index contributed by atoms with van der Waals surface area (Å²) in [6.45, 7) is 0. The van der Waals surface area contributed by atoms with Gasteiger partial charge in [0.25, 0.3) is 10.0 Å². The number of nitrogens with zero attached hydrogens (tertiary/aromatic N) is 2. The topological polar surface area (TPSA) is 85.1 Å². The third-order valence-corrected chi connectivity index (χ3v) is 4.85. The van der Waals surface area contributed by atoms with Gasteiger partial charge >= 0.3 is 0 Å². The second-order valence-electron chi connectivity index (χ2n) is 4.97. The van der Waals surface area contributed by atoms with Crippen molar-refractivity contribution < 1.29 is 12.8 Å². The Morgan fingerprint density at radius 3 is 2.78 bits per heavy atom. The highest BCUT2D eigenvalue weighted by molar-refractivity contribution is 7.92. The van der Waals surface area contributed by atoms with E-state index in [2.05, 4.69) is 14.7 Å². The van der Waals surface area contributed by atoms with Crippen LogP contribution in [0.4, 0.5) is 5.69 Å². The Labute approximate surface area is 131 Å². The smallest absolute Gasteiger partial charge is 0.262 e. The van der Waals surface area contributed by atoms with Gasteiger partial charge in [0, 0.05) is 17.6 Å². The molecule has 23 heavy (non-hydrogen) atoms. The fourth-order valence-electron chi connectivity index (χ4n) is 2.39. The van der Waals surface area contributed by atoms with Gasteiger partial charge in [0.05, 0.1) is 16.1 Å². The van der Waals surface area contributed by atoms with E-state index in [0.29, 0.717) is 22.3 Å². The van der Waals surface area contributed by atoms with Crippen LogP contribution in [-0.2, 0) is 10.0 Å². The van der Waals surface area contributed by atoms with Crippen LogP contribution in [0.25, 0.3) is 22.0 Å². The molecule has 0 aliphatic rings. The molecule has 114 valence electrons. The van der Waals surface area contributed by atoms with Crippen LogP contribution in [0, 0.1) is 0 Å². The molecular formula is C16H11N3O3S. The van der Waals surface area contributed by atoms with Gasteiger partial charge in [-0.05, 0) is 24.3 Å². The van der Waals surface area contributed by atoms with E-state index < -0.39 is 10.0 Å². The van der Waals surface area contributed by atoms with Crippen molar-refractivity contribution in [3.8, 4) is 0 Å². The molecule has 0 spiro atoms. The molecule has 0 unspecified atom stereocenters. The summed E-state index contributed by atoms with van der Waals surface area (Å²) in [6, 6.07) is 13.6. The van der Waals surface area contributed by atoms with E-state index in [-0.39, 0.29) is 4.90 Å². The van der Waals surface area contributed by atoms with E-state index in [1.165, 1.54) is 18.5 Å². The average molecular weight is 325 g/mol. The molecular weight excluding hydrogens is 314 g/mol. The Hall–Kier alpha value is -2.93. The Morgan fingerprint density at radius 1 is 1.00 bits per heavy atom. The first kappa shape index (κ1) is 13.7. The quantitative estimate of drug-likeness (QED) is 0.625. The molecule has 1 N–H and O–H groups in total. The normalized spacial score (nSPS) is 11.8. The molecule has 4 rings (SSSR count). The average Bonchev–Trinajstić information content (AvgIpc) is 3.02. The summed E-state index contributed by atoms with van der Waals surface area (Å²) in [7, 11) is -3.75. The molecule has 4 aromatic rings. The Balaban J connectivity index is 1.79. The summed E-state index contributed by atoms with van der Waals surface area (Å²) in [6.07, 6.45) is 2.91. The zero-order valence-electron chi connectivity index (χ0n) is 11.8. The molecule has 2 heterocycles. The van der Waals surface area contributed by atoms with Gasteiger partial charge in [0.15, 0.2) is 12.0 Å². The minimum atomic E-state index is -3.75. The monoisotopic (exact) mass is 325 g/mol. The number of sulfonamides is 1. The molecule has 2 aromatic carbocycles. The number of hydrogen-bond acceptors (Lipinski definition) is 5. The zero-order valence-corrected chi connectivity index (χ0v) is 12.6. The molecule has 0 radical (unpaired) electrons. The van der Waals surface area contributed by atoms with Gasteiger partial charge in [-0.2, -0.15) is 0 Å². The Bertz CT molecular complexity index is 1110. The minimum absolute atomic E-state index is 0.106. The SMILES string of the molecule is O=S(=O)(Nc1cccc2cccnc12)c1ccc2ncoc2c1. The highest BCUT2D eigenvalue weighted by Gasteiger charge is 2.17. The fourth-order valence-corrected chi connectivity index (χ4v) is 3.47. The van der Waals surface area contributed by atoms with Crippen molar-refractivity contribution >= 4 is 37.7 Å². The Kier molecular flexibility index (Phi) is 3.02. The van der Waals surface area contributed by atoms with Crippen LogP contribution in [0.3, 0.4) is 0 Å². The van der Waals surface area contributed by atoms with Crippen molar-refractivity contribution in [3.63, 3.8) is 0 Å². The molecule has 0 saturated carbocycles. The summed E-state index contributed by atoms with van der Waals surface area (Å²) < 4.78 is 33.0. The number of hydrogen-bond donors (Lipinski definition) is 1. The number of aromatic nitrogens is 2. The zero-order chi connectivity index (χ0) is 15.9. The van der Waals surface area contributed by atoms with Gasteiger partial charge in [0.2, 0.25) is 0 Å². The van der Waals surface area contributed by atoms with Gasteiger partial charge in [0.1, 0.15) is 5.52 Å². The fraction of sp³-hybridized carbons (Fsp3) is 0. The molecule has 2 aromatic heterocycles. The lowest BCUT2D eigenvalue weighted by Crippen LogP contribution is -2.13. The number of para-hydroxylation sites is 1. The maximum atomic E-state index is 12.6. The van der Waals surface area contributed by atoms with Crippen LogP contribution in [0.1, 0.15) is 0 Å². The maximum Gasteiger partial charge on any atom is 0.262 e. The lowest BCUT2D eigenvalue weighted by molar-refractivity contribution is 0.595. The van der Waals surface area contributed by atoms with Crippen LogP contribution >= 0.6 is 0 Å². The van der Waals surface area contributed by atoms with Crippen LogP contribution in [0.2, 0.25) is 0 Å².